The summed E-state index contributed by atoms with van der Waals surface area (Å²) in [4.78, 5) is 2.36. The summed E-state index contributed by atoms with van der Waals surface area (Å²) in [5, 5.41) is 9.89. The van der Waals surface area contributed by atoms with Gasteiger partial charge in [0.2, 0.25) is 0 Å². The van der Waals surface area contributed by atoms with E-state index in [9.17, 15) is 5.11 Å². The molecule has 1 aromatic carbocycles. The third kappa shape index (κ3) is 4.30. The minimum absolute atomic E-state index is 0.357. The van der Waals surface area contributed by atoms with Gasteiger partial charge in [-0.05, 0) is 56.8 Å². The van der Waals surface area contributed by atoms with Gasteiger partial charge in [0.05, 0.1) is 12.7 Å². The molecule has 0 spiro atoms. The average Bonchev–Trinajstić information content (AvgIpc) is 2.47. The molecule has 0 unspecified atom stereocenters. The lowest BCUT2D eigenvalue weighted by Crippen LogP contribution is -2.39. The van der Waals surface area contributed by atoms with Crippen molar-refractivity contribution in [2.24, 2.45) is 0 Å². The van der Waals surface area contributed by atoms with Crippen LogP contribution in [-0.2, 0) is 4.74 Å². The molecule has 3 heteroatoms. The third-order valence-corrected chi connectivity index (χ3v) is 4.20. The lowest BCUT2D eigenvalue weighted by atomic mass is 9.87. The summed E-state index contributed by atoms with van der Waals surface area (Å²) in [6, 6.07) is 8.71. The maximum Gasteiger partial charge on any atom is 0.0900 e. The fraction of sp³-hybridized carbons (Fsp3) is 0.647. The van der Waals surface area contributed by atoms with Gasteiger partial charge in [-0.1, -0.05) is 24.3 Å². The van der Waals surface area contributed by atoms with Crippen molar-refractivity contribution in [3.63, 3.8) is 0 Å². The monoisotopic (exact) mass is 277 g/mol. The molecule has 1 aromatic rings. The molecule has 1 N–H and O–H groups in total. The number of aryl methyl sites for hydroxylation is 1. The molecule has 0 aliphatic carbocycles. The molecule has 0 radical (unpaired) electrons. The van der Waals surface area contributed by atoms with E-state index in [-0.39, 0.29) is 6.10 Å². The molecule has 20 heavy (non-hydrogen) atoms. The van der Waals surface area contributed by atoms with Gasteiger partial charge < -0.3 is 14.7 Å². The predicted octanol–water partition coefficient (Wildman–Crippen LogP) is 2.57. The Hall–Kier alpha value is -0.900. The van der Waals surface area contributed by atoms with Gasteiger partial charge in [0.25, 0.3) is 0 Å². The molecule has 1 saturated heterocycles. The molecular weight excluding hydrogens is 250 g/mol. The first kappa shape index (κ1) is 15.5. The highest BCUT2D eigenvalue weighted by Crippen LogP contribution is 2.29. The van der Waals surface area contributed by atoms with E-state index < -0.39 is 0 Å². The summed E-state index contributed by atoms with van der Waals surface area (Å²) in [6.45, 7) is 8.17. The SMILES string of the molecule is CCOC[C@H](O)CN1CCC(c2ccccc2C)CC1. The summed E-state index contributed by atoms with van der Waals surface area (Å²) in [5.74, 6) is 0.677. The van der Waals surface area contributed by atoms with Gasteiger partial charge in [-0.15, -0.1) is 0 Å². The summed E-state index contributed by atoms with van der Waals surface area (Å²) in [7, 11) is 0. The van der Waals surface area contributed by atoms with Gasteiger partial charge in [0, 0.05) is 13.2 Å². The van der Waals surface area contributed by atoms with E-state index in [0.717, 1.165) is 19.6 Å². The van der Waals surface area contributed by atoms with Gasteiger partial charge in [-0.3, -0.25) is 0 Å². The van der Waals surface area contributed by atoms with Crippen molar-refractivity contribution in [1.29, 1.82) is 0 Å². The van der Waals surface area contributed by atoms with Crippen LogP contribution in [0.1, 0.15) is 36.8 Å². The van der Waals surface area contributed by atoms with Crippen molar-refractivity contribution in [1.82, 2.24) is 4.90 Å². The number of likely N-dealkylation sites (tertiary alicyclic amines) is 1. The van der Waals surface area contributed by atoms with Crippen molar-refractivity contribution >= 4 is 0 Å². The molecule has 112 valence electrons. The first-order valence-electron chi connectivity index (χ1n) is 7.74. The smallest absolute Gasteiger partial charge is 0.0900 e. The second-order valence-corrected chi connectivity index (χ2v) is 5.74. The zero-order valence-corrected chi connectivity index (χ0v) is 12.7. The van der Waals surface area contributed by atoms with Crippen LogP contribution < -0.4 is 0 Å². The lowest BCUT2D eigenvalue weighted by molar-refractivity contribution is 0.0167. The van der Waals surface area contributed by atoms with Crippen LogP contribution in [0.2, 0.25) is 0 Å². The Balaban J connectivity index is 1.79. The van der Waals surface area contributed by atoms with E-state index in [1.54, 1.807) is 0 Å². The van der Waals surface area contributed by atoms with Crippen molar-refractivity contribution in [3.05, 3.63) is 35.4 Å². The zero-order valence-electron chi connectivity index (χ0n) is 12.7. The topological polar surface area (TPSA) is 32.7 Å². The van der Waals surface area contributed by atoms with Crippen LogP contribution in [0.25, 0.3) is 0 Å². The van der Waals surface area contributed by atoms with Gasteiger partial charge in [0.1, 0.15) is 0 Å². The molecule has 1 atom stereocenters. The van der Waals surface area contributed by atoms with Gasteiger partial charge >= 0.3 is 0 Å². The number of hydrogen-bond acceptors (Lipinski definition) is 3. The van der Waals surface area contributed by atoms with Crippen molar-refractivity contribution in [2.75, 3.05) is 32.8 Å². The molecule has 0 aromatic heterocycles. The molecule has 1 fully saturated rings. The van der Waals surface area contributed by atoms with Crippen molar-refractivity contribution in [3.8, 4) is 0 Å². The fourth-order valence-corrected chi connectivity index (χ4v) is 3.08. The van der Waals surface area contributed by atoms with Crippen molar-refractivity contribution < 1.29 is 9.84 Å². The molecule has 2 rings (SSSR count). The van der Waals surface area contributed by atoms with E-state index in [2.05, 4.69) is 36.1 Å². The maximum atomic E-state index is 9.89. The van der Waals surface area contributed by atoms with Crippen LogP contribution in [0.15, 0.2) is 24.3 Å². The third-order valence-electron chi connectivity index (χ3n) is 4.20. The second-order valence-electron chi connectivity index (χ2n) is 5.74. The number of hydrogen-bond donors (Lipinski definition) is 1. The highest BCUT2D eigenvalue weighted by Gasteiger charge is 2.22. The number of benzene rings is 1. The minimum atomic E-state index is -0.357. The summed E-state index contributed by atoms with van der Waals surface area (Å²) < 4.78 is 5.27. The summed E-state index contributed by atoms with van der Waals surface area (Å²) >= 11 is 0. The Morgan fingerprint density at radius 2 is 2.00 bits per heavy atom. The van der Waals surface area contributed by atoms with Gasteiger partial charge in [-0.25, -0.2) is 0 Å². The van der Waals surface area contributed by atoms with E-state index in [4.69, 9.17) is 4.74 Å². The summed E-state index contributed by atoms with van der Waals surface area (Å²) in [6.07, 6.45) is 2.02. The number of aliphatic hydroxyl groups excluding tert-OH is 1. The lowest BCUT2D eigenvalue weighted by Gasteiger charge is -2.33. The first-order valence-corrected chi connectivity index (χ1v) is 7.74. The Bertz CT molecular complexity index is 400. The highest BCUT2D eigenvalue weighted by atomic mass is 16.5. The molecular formula is C17H27NO2. The number of nitrogens with zero attached hydrogens (tertiary/aromatic N) is 1. The molecule has 0 saturated carbocycles. The minimum Gasteiger partial charge on any atom is -0.389 e. The molecule has 1 aliphatic heterocycles. The maximum absolute atomic E-state index is 9.89. The van der Waals surface area contributed by atoms with Crippen LogP contribution >= 0.6 is 0 Å². The number of aliphatic hydroxyl groups is 1. The largest absolute Gasteiger partial charge is 0.389 e. The van der Waals surface area contributed by atoms with Crippen LogP contribution in [0.4, 0.5) is 0 Å². The van der Waals surface area contributed by atoms with Crippen LogP contribution in [0.5, 0.6) is 0 Å². The fourth-order valence-electron chi connectivity index (χ4n) is 3.08. The Morgan fingerprint density at radius 1 is 1.30 bits per heavy atom. The van der Waals surface area contributed by atoms with E-state index in [1.807, 2.05) is 6.92 Å². The average molecular weight is 277 g/mol. The molecule has 0 amide bonds. The quantitative estimate of drug-likeness (QED) is 0.867. The van der Waals surface area contributed by atoms with E-state index >= 15 is 0 Å². The zero-order chi connectivity index (χ0) is 14.4. The Morgan fingerprint density at radius 3 is 2.65 bits per heavy atom. The molecule has 1 aliphatic rings. The second kappa shape index (κ2) is 7.77. The first-order chi connectivity index (χ1) is 9.70. The van der Waals surface area contributed by atoms with Crippen molar-refractivity contribution in [2.45, 2.75) is 38.7 Å². The number of piperidine rings is 1. The van der Waals surface area contributed by atoms with Gasteiger partial charge in [0.15, 0.2) is 0 Å². The number of rotatable bonds is 6. The van der Waals surface area contributed by atoms with E-state index in [0.29, 0.717) is 19.1 Å². The standard InChI is InChI=1S/C17H27NO2/c1-3-20-13-16(19)12-18-10-8-15(9-11-18)17-7-5-4-6-14(17)2/h4-7,15-16,19H,3,8-13H2,1-2H3/t16-/m1/s1. The Labute approximate surface area is 122 Å². The van der Waals surface area contributed by atoms with Crippen LogP contribution in [-0.4, -0.2) is 49.0 Å². The predicted molar refractivity (Wildman–Crippen MR) is 82.1 cm³/mol. The summed E-state index contributed by atoms with van der Waals surface area (Å²) in [5.41, 5.74) is 2.91. The number of ether oxygens (including phenoxy) is 1. The molecule has 3 nitrogen and oxygen atoms in total. The van der Waals surface area contributed by atoms with Crippen LogP contribution in [0.3, 0.4) is 0 Å². The number of β-amino-alcohol motifs (C(OH)–C–C–N with tert-alkyl or cyclic N) is 1. The van der Waals surface area contributed by atoms with Gasteiger partial charge in [-0.2, -0.15) is 0 Å². The van der Waals surface area contributed by atoms with Crippen LogP contribution in [0, 0.1) is 6.92 Å². The van der Waals surface area contributed by atoms with E-state index in [1.165, 1.54) is 24.0 Å². The normalized spacial score (nSPS) is 19.1. The Kier molecular flexibility index (Phi) is 6.02. The highest BCUT2D eigenvalue weighted by molar-refractivity contribution is 5.29. The molecule has 0 bridgehead atoms. The molecule has 1 heterocycles.